The van der Waals surface area contributed by atoms with Crippen LogP contribution in [-0.2, 0) is 13.1 Å². The lowest BCUT2D eigenvalue weighted by Crippen LogP contribution is -2.37. The molecule has 0 radical (unpaired) electrons. The number of carbonyl (C=O) groups is 1. The quantitative estimate of drug-likeness (QED) is 0.719. The minimum absolute atomic E-state index is 0.0155. The molecule has 2 amide bonds. The van der Waals surface area contributed by atoms with Gasteiger partial charge < -0.3 is 15.7 Å². The van der Waals surface area contributed by atoms with Crippen LogP contribution in [0.15, 0.2) is 48.5 Å². The van der Waals surface area contributed by atoms with Crippen LogP contribution in [0.25, 0.3) is 0 Å². The van der Waals surface area contributed by atoms with Gasteiger partial charge in [0, 0.05) is 38.1 Å². The van der Waals surface area contributed by atoms with Gasteiger partial charge in [0.2, 0.25) is 0 Å². The highest BCUT2D eigenvalue weighted by atomic mass is 19.1. The van der Waals surface area contributed by atoms with Gasteiger partial charge in [-0.15, -0.1) is 0 Å². The number of aliphatic hydroxyl groups excluding tert-OH is 1. The van der Waals surface area contributed by atoms with Crippen LogP contribution in [0.5, 0.6) is 0 Å². The van der Waals surface area contributed by atoms with Crippen LogP contribution < -0.4 is 10.6 Å². The van der Waals surface area contributed by atoms with E-state index in [0.717, 1.165) is 37.1 Å². The molecule has 0 aromatic heterocycles. The highest BCUT2D eigenvalue weighted by Gasteiger charge is 2.40. The van der Waals surface area contributed by atoms with E-state index in [1.54, 1.807) is 12.1 Å². The molecule has 1 aliphatic carbocycles. The molecule has 1 saturated heterocycles. The lowest BCUT2D eigenvalue weighted by molar-refractivity contribution is 0.174. The molecule has 4 rings (SSSR count). The largest absolute Gasteiger partial charge is 0.392 e. The zero-order valence-corrected chi connectivity index (χ0v) is 15.8. The molecular weight excluding hydrogens is 357 g/mol. The molecule has 2 aliphatic rings. The van der Waals surface area contributed by atoms with E-state index < -0.39 is 0 Å². The first-order valence-corrected chi connectivity index (χ1v) is 9.86. The molecule has 1 saturated carbocycles. The molecule has 2 aromatic carbocycles. The van der Waals surface area contributed by atoms with Crippen LogP contribution >= 0.6 is 0 Å². The summed E-state index contributed by atoms with van der Waals surface area (Å²) in [6.07, 6.45) is 1.34. The minimum atomic E-state index is -0.239. The molecule has 1 unspecified atom stereocenters. The molecule has 2 fully saturated rings. The van der Waals surface area contributed by atoms with E-state index in [2.05, 4.69) is 21.6 Å². The Bertz CT molecular complexity index is 844. The summed E-state index contributed by atoms with van der Waals surface area (Å²) in [5, 5.41) is 15.6. The molecule has 5 nitrogen and oxygen atoms in total. The van der Waals surface area contributed by atoms with Crippen LogP contribution in [0, 0.1) is 5.82 Å². The van der Waals surface area contributed by atoms with Crippen molar-refractivity contribution in [1.29, 1.82) is 0 Å². The normalized spacial score (nSPS) is 24.1. The fraction of sp³-hybridized carbons (Fsp3) is 0.409. The summed E-state index contributed by atoms with van der Waals surface area (Å²) in [4.78, 5) is 14.5. The number of likely N-dealkylation sites (tertiary alicyclic amines) is 1. The Balaban J connectivity index is 1.28. The maximum Gasteiger partial charge on any atom is 0.315 e. The number of rotatable bonds is 6. The van der Waals surface area contributed by atoms with Crippen LogP contribution in [0.4, 0.5) is 9.18 Å². The van der Waals surface area contributed by atoms with E-state index in [9.17, 15) is 14.3 Å². The van der Waals surface area contributed by atoms with Gasteiger partial charge in [0.25, 0.3) is 0 Å². The van der Waals surface area contributed by atoms with E-state index in [-0.39, 0.29) is 29.9 Å². The first-order chi connectivity index (χ1) is 13.6. The lowest BCUT2D eigenvalue weighted by atomic mass is 10.1. The van der Waals surface area contributed by atoms with Gasteiger partial charge in [-0.2, -0.15) is 0 Å². The van der Waals surface area contributed by atoms with Gasteiger partial charge >= 0.3 is 6.03 Å². The van der Waals surface area contributed by atoms with Gasteiger partial charge in [-0.25, -0.2) is 9.18 Å². The smallest absolute Gasteiger partial charge is 0.315 e. The molecule has 0 bridgehead atoms. The third-order valence-corrected chi connectivity index (χ3v) is 5.61. The molecule has 2 aromatic rings. The highest BCUT2D eigenvalue weighted by Crippen LogP contribution is 2.41. The zero-order chi connectivity index (χ0) is 19.5. The fourth-order valence-electron chi connectivity index (χ4n) is 3.95. The van der Waals surface area contributed by atoms with Crippen molar-refractivity contribution in [1.82, 2.24) is 15.5 Å². The molecule has 3 atom stereocenters. The van der Waals surface area contributed by atoms with Crippen molar-refractivity contribution in [3.05, 3.63) is 71.0 Å². The first-order valence-electron chi connectivity index (χ1n) is 9.86. The standard InChI is InChI=1S/C22H26FN3O2/c23-20-8-4-3-7-18(20)19-11-21(19)25-22(28)24-12-15-5-1-2-6-16(15)13-26-10-9-17(27)14-26/h1-8,17,19,21,27H,9-14H2,(H2,24,25,28)/t17?,19-,21+/m0/s1. The number of nitrogens with zero attached hydrogens (tertiary/aromatic N) is 1. The summed E-state index contributed by atoms with van der Waals surface area (Å²) in [6, 6.07) is 14.5. The Hall–Kier alpha value is -2.44. The molecule has 6 heteroatoms. The monoisotopic (exact) mass is 383 g/mol. The van der Waals surface area contributed by atoms with Gasteiger partial charge in [0.05, 0.1) is 6.10 Å². The van der Waals surface area contributed by atoms with Gasteiger partial charge in [0.1, 0.15) is 5.82 Å². The topological polar surface area (TPSA) is 64.6 Å². The predicted octanol–water partition coefficient (Wildman–Crippen LogP) is 2.75. The van der Waals surface area contributed by atoms with Gasteiger partial charge in [0.15, 0.2) is 0 Å². The predicted molar refractivity (Wildman–Crippen MR) is 105 cm³/mol. The number of urea groups is 1. The molecule has 3 N–H and O–H groups in total. The van der Waals surface area contributed by atoms with E-state index in [1.165, 1.54) is 6.07 Å². The van der Waals surface area contributed by atoms with Crippen molar-refractivity contribution in [2.24, 2.45) is 0 Å². The number of nitrogens with one attached hydrogen (secondary N) is 2. The fourth-order valence-corrected chi connectivity index (χ4v) is 3.95. The summed E-state index contributed by atoms with van der Waals surface area (Å²) in [6.45, 7) is 2.80. The number of carbonyl (C=O) groups excluding carboxylic acids is 1. The molecule has 28 heavy (non-hydrogen) atoms. The number of amides is 2. The van der Waals surface area contributed by atoms with Crippen LogP contribution in [0.3, 0.4) is 0 Å². The van der Waals surface area contributed by atoms with Crippen molar-refractivity contribution in [3.8, 4) is 0 Å². The van der Waals surface area contributed by atoms with Crippen molar-refractivity contribution < 1.29 is 14.3 Å². The summed E-state index contributed by atoms with van der Waals surface area (Å²) >= 11 is 0. The SMILES string of the molecule is O=C(NCc1ccccc1CN1CCC(O)C1)N[C@@H]1C[C@H]1c1ccccc1F. The maximum atomic E-state index is 13.8. The lowest BCUT2D eigenvalue weighted by Gasteiger charge is -2.18. The maximum absolute atomic E-state index is 13.8. The Kier molecular flexibility index (Phi) is 5.59. The van der Waals surface area contributed by atoms with Crippen LogP contribution in [0.2, 0.25) is 0 Å². The third kappa shape index (κ3) is 4.51. The summed E-state index contributed by atoms with van der Waals surface area (Å²) in [7, 11) is 0. The van der Waals surface area contributed by atoms with Crippen molar-refractivity contribution in [3.63, 3.8) is 0 Å². The number of hydrogen-bond donors (Lipinski definition) is 3. The Morgan fingerprint density at radius 3 is 2.64 bits per heavy atom. The number of hydrogen-bond acceptors (Lipinski definition) is 3. The molecule has 1 aliphatic heterocycles. The van der Waals surface area contributed by atoms with Crippen LogP contribution in [0.1, 0.15) is 35.4 Å². The average molecular weight is 383 g/mol. The van der Waals surface area contributed by atoms with Crippen molar-refractivity contribution in [2.45, 2.75) is 44.0 Å². The molecule has 1 heterocycles. The van der Waals surface area contributed by atoms with Gasteiger partial charge in [-0.3, -0.25) is 4.90 Å². The molecular formula is C22H26FN3O2. The van der Waals surface area contributed by atoms with Gasteiger partial charge in [-0.1, -0.05) is 42.5 Å². The van der Waals surface area contributed by atoms with Crippen molar-refractivity contribution in [2.75, 3.05) is 13.1 Å². The first kappa shape index (κ1) is 18.9. The summed E-state index contributed by atoms with van der Waals surface area (Å²) in [5.41, 5.74) is 2.90. The summed E-state index contributed by atoms with van der Waals surface area (Å²) in [5.74, 6) is -0.154. The second kappa shape index (κ2) is 8.29. The number of β-amino-alcohol motifs (C(OH)–C–C–N with tert-alkyl or cyclic N) is 1. The second-order valence-corrected chi connectivity index (χ2v) is 7.74. The number of aliphatic hydroxyl groups is 1. The van der Waals surface area contributed by atoms with E-state index in [0.29, 0.717) is 18.7 Å². The molecule has 148 valence electrons. The van der Waals surface area contributed by atoms with Crippen molar-refractivity contribution >= 4 is 6.03 Å². The second-order valence-electron chi connectivity index (χ2n) is 7.74. The zero-order valence-electron chi connectivity index (χ0n) is 15.8. The third-order valence-electron chi connectivity index (χ3n) is 5.61. The average Bonchev–Trinajstić information content (AvgIpc) is 3.32. The van der Waals surface area contributed by atoms with Crippen LogP contribution in [-0.4, -0.2) is 41.3 Å². The Labute approximate surface area is 164 Å². The van der Waals surface area contributed by atoms with E-state index in [1.807, 2.05) is 24.3 Å². The highest BCUT2D eigenvalue weighted by molar-refractivity contribution is 5.75. The summed E-state index contributed by atoms with van der Waals surface area (Å²) < 4.78 is 13.8. The Morgan fingerprint density at radius 2 is 1.89 bits per heavy atom. The number of halogens is 1. The van der Waals surface area contributed by atoms with E-state index in [4.69, 9.17) is 0 Å². The minimum Gasteiger partial charge on any atom is -0.392 e. The molecule has 0 spiro atoms. The van der Waals surface area contributed by atoms with E-state index >= 15 is 0 Å². The van der Waals surface area contributed by atoms with Gasteiger partial charge in [-0.05, 0) is 35.6 Å². The Morgan fingerprint density at radius 1 is 1.14 bits per heavy atom. The number of benzene rings is 2.